The van der Waals surface area contributed by atoms with Gasteiger partial charge in [0.1, 0.15) is 0 Å². The third kappa shape index (κ3) is 2.28. The Kier molecular flexibility index (Phi) is 3.31. The van der Waals surface area contributed by atoms with Gasteiger partial charge in [-0.1, -0.05) is 17.7 Å². The SMILES string of the molecule is O=C(Nn1cccc1)c1cccc(Br)c1Cl. The van der Waals surface area contributed by atoms with Crippen molar-refractivity contribution in [1.82, 2.24) is 4.68 Å². The standard InChI is InChI=1S/C11H8BrClN2O/c12-9-5-3-4-8(10(9)13)11(16)14-15-6-1-2-7-15/h1-7H,(H,14,16). The van der Waals surface area contributed by atoms with E-state index >= 15 is 0 Å². The van der Waals surface area contributed by atoms with Crippen molar-refractivity contribution in [2.75, 3.05) is 5.43 Å². The summed E-state index contributed by atoms with van der Waals surface area (Å²) in [4.78, 5) is 11.8. The molecule has 5 heteroatoms. The Morgan fingerprint density at radius 1 is 1.25 bits per heavy atom. The van der Waals surface area contributed by atoms with Crippen molar-refractivity contribution in [3.05, 3.63) is 57.8 Å². The van der Waals surface area contributed by atoms with Gasteiger partial charge in [-0.3, -0.25) is 14.9 Å². The van der Waals surface area contributed by atoms with Crippen LogP contribution in [0.5, 0.6) is 0 Å². The van der Waals surface area contributed by atoms with Gasteiger partial charge >= 0.3 is 0 Å². The van der Waals surface area contributed by atoms with Gasteiger partial charge < -0.3 is 0 Å². The van der Waals surface area contributed by atoms with E-state index in [2.05, 4.69) is 21.4 Å². The minimum Gasteiger partial charge on any atom is -0.268 e. The minimum atomic E-state index is -0.248. The van der Waals surface area contributed by atoms with E-state index in [0.717, 1.165) is 0 Å². The van der Waals surface area contributed by atoms with Crippen LogP contribution in [-0.2, 0) is 0 Å². The fourth-order valence-electron chi connectivity index (χ4n) is 1.27. The maximum Gasteiger partial charge on any atom is 0.271 e. The van der Waals surface area contributed by atoms with E-state index in [1.165, 1.54) is 0 Å². The molecular formula is C11H8BrClN2O. The van der Waals surface area contributed by atoms with E-state index in [1.807, 2.05) is 12.1 Å². The fraction of sp³-hybridized carbons (Fsp3) is 0. The Morgan fingerprint density at radius 2 is 1.94 bits per heavy atom. The molecule has 0 unspecified atom stereocenters. The van der Waals surface area contributed by atoms with Crippen LogP contribution >= 0.6 is 27.5 Å². The highest BCUT2D eigenvalue weighted by molar-refractivity contribution is 9.10. The number of aromatic nitrogens is 1. The summed E-state index contributed by atoms with van der Waals surface area (Å²) in [6, 6.07) is 8.87. The highest BCUT2D eigenvalue weighted by atomic mass is 79.9. The smallest absolute Gasteiger partial charge is 0.268 e. The van der Waals surface area contributed by atoms with Gasteiger partial charge in [-0.05, 0) is 40.2 Å². The number of hydrogen-bond donors (Lipinski definition) is 1. The van der Waals surface area contributed by atoms with Crippen LogP contribution in [-0.4, -0.2) is 10.6 Å². The van der Waals surface area contributed by atoms with Crippen LogP contribution in [0.3, 0.4) is 0 Å². The summed E-state index contributed by atoms with van der Waals surface area (Å²) in [5.41, 5.74) is 3.11. The van der Waals surface area contributed by atoms with Gasteiger partial charge in [-0.2, -0.15) is 0 Å². The molecule has 1 amide bonds. The molecule has 82 valence electrons. The second kappa shape index (κ2) is 4.72. The predicted octanol–water partition coefficient (Wildman–Crippen LogP) is 3.29. The number of rotatable bonds is 2. The van der Waals surface area contributed by atoms with E-state index in [9.17, 15) is 4.79 Å². The second-order valence-corrected chi connectivity index (χ2v) is 4.36. The summed E-state index contributed by atoms with van der Waals surface area (Å²) in [6.45, 7) is 0. The average Bonchev–Trinajstić information content (AvgIpc) is 2.74. The number of amides is 1. The van der Waals surface area contributed by atoms with Crippen molar-refractivity contribution in [3.8, 4) is 0 Å². The lowest BCUT2D eigenvalue weighted by atomic mass is 10.2. The minimum absolute atomic E-state index is 0.248. The molecular weight excluding hydrogens is 291 g/mol. The first-order valence-corrected chi connectivity index (χ1v) is 5.74. The summed E-state index contributed by atoms with van der Waals surface area (Å²) in [5, 5.41) is 0.409. The topological polar surface area (TPSA) is 34.0 Å². The first kappa shape index (κ1) is 11.2. The molecule has 2 rings (SSSR count). The molecule has 0 atom stereocenters. The molecule has 0 aliphatic heterocycles. The quantitative estimate of drug-likeness (QED) is 0.907. The molecule has 0 spiro atoms. The molecule has 0 fully saturated rings. The lowest BCUT2D eigenvalue weighted by Crippen LogP contribution is -2.21. The fourth-order valence-corrected chi connectivity index (χ4v) is 1.84. The highest BCUT2D eigenvalue weighted by Gasteiger charge is 2.11. The molecule has 3 nitrogen and oxygen atoms in total. The van der Waals surface area contributed by atoms with Crippen molar-refractivity contribution < 1.29 is 4.79 Å². The van der Waals surface area contributed by atoms with E-state index in [1.54, 1.807) is 35.3 Å². The van der Waals surface area contributed by atoms with Crippen LogP contribution in [0.15, 0.2) is 47.2 Å². The van der Waals surface area contributed by atoms with Crippen LogP contribution in [0.1, 0.15) is 10.4 Å². The molecule has 0 saturated heterocycles. The van der Waals surface area contributed by atoms with Crippen LogP contribution in [0, 0.1) is 0 Å². The number of hydrogen-bond acceptors (Lipinski definition) is 1. The van der Waals surface area contributed by atoms with Crippen LogP contribution in [0.2, 0.25) is 5.02 Å². The molecule has 0 radical (unpaired) electrons. The number of carbonyl (C=O) groups excluding carboxylic acids is 1. The van der Waals surface area contributed by atoms with Gasteiger partial charge in [0, 0.05) is 16.9 Å². The van der Waals surface area contributed by atoms with E-state index < -0.39 is 0 Å². The Hall–Kier alpha value is -1.26. The largest absolute Gasteiger partial charge is 0.271 e. The van der Waals surface area contributed by atoms with Crippen molar-refractivity contribution in [2.45, 2.75) is 0 Å². The number of halogens is 2. The van der Waals surface area contributed by atoms with Gasteiger partial charge in [0.2, 0.25) is 0 Å². The summed E-state index contributed by atoms with van der Waals surface area (Å²) in [7, 11) is 0. The Labute approximate surface area is 106 Å². The molecule has 0 aliphatic rings. The molecule has 1 aromatic heterocycles. The molecule has 1 aromatic carbocycles. The summed E-state index contributed by atoms with van der Waals surface area (Å²) >= 11 is 9.28. The molecule has 0 aliphatic carbocycles. The Balaban J connectivity index is 2.24. The van der Waals surface area contributed by atoms with Gasteiger partial charge in [-0.25, -0.2) is 0 Å². The van der Waals surface area contributed by atoms with Gasteiger partial charge in [0.15, 0.2) is 0 Å². The zero-order valence-electron chi connectivity index (χ0n) is 8.15. The third-order valence-corrected chi connectivity index (χ3v) is 3.33. The number of carbonyl (C=O) groups is 1. The number of nitrogens with zero attached hydrogens (tertiary/aromatic N) is 1. The number of benzene rings is 1. The second-order valence-electron chi connectivity index (χ2n) is 3.13. The van der Waals surface area contributed by atoms with Crippen LogP contribution in [0.4, 0.5) is 0 Å². The van der Waals surface area contributed by atoms with Gasteiger partial charge in [0.25, 0.3) is 5.91 Å². The Bertz CT molecular complexity index is 511. The molecule has 1 heterocycles. The van der Waals surface area contributed by atoms with E-state index in [0.29, 0.717) is 15.1 Å². The summed E-state index contributed by atoms with van der Waals surface area (Å²) in [6.07, 6.45) is 3.48. The normalized spacial score (nSPS) is 10.1. The van der Waals surface area contributed by atoms with Gasteiger partial charge in [-0.15, -0.1) is 0 Å². The molecule has 16 heavy (non-hydrogen) atoms. The van der Waals surface area contributed by atoms with Gasteiger partial charge in [0.05, 0.1) is 10.6 Å². The maximum atomic E-state index is 11.8. The lowest BCUT2D eigenvalue weighted by Gasteiger charge is -2.08. The van der Waals surface area contributed by atoms with E-state index in [-0.39, 0.29) is 5.91 Å². The molecule has 1 N–H and O–H groups in total. The zero-order valence-corrected chi connectivity index (χ0v) is 10.5. The number of nitrogens with one attached hydrogen (secondary N) is 1. The summed E-state index contributed by atoms with van der Waals surface area (Å²) in [5.74, 6) is -0.248. The van der Waals surface area contributed by atoms with Crippen molar-refractivity contribution in [1.29, 1.82) is 0 Å². The lowest BCUT2D eigenvalue weighted by molar-refractivity contribution is 0.101. The Morgan fingerprint density at radius 3 is 2.62 bits per heavy atom. The third-order valence-electron chi connectivity index (χ3n) is 2.03. The van der Waals surface area contributed by atoms with Crippen molar-refractivity contribution in [3.63, 3.8) is 0 Å². The monoisotopic (exact) mass is 298 g/mol. The first-order valence-electron chi connectivity index (χ1n) is 4.57. The highest BCUT2D eigenvalue weighted by Crippen LogP contribution is 2.25. The van der Waals surface area contributed by atoms with E-state index in [4.69, 9.17) is 11.6 Å². The van der Waals surface area contributed by atoms with Crippen molar-refractivity contribution >= 4 is 33.4 Å². The predicted molar refractivity (Wildman–Crippen MR) is 67.3 cm³/mol. The molecule has 0 saturated carbocycles. The first-order chi connectivity index (χ1) is 7.68. The zero-order chi connectivity index (χ0) is 11.5. The van der Waals surface area contributed by atoms with Crippen molar-refractivity contribution in [2.24, 2.45) is 0 Å². The average molecular weight is 300 g/mol. The maximum absolute atomic E-state index is 11.8. The molecule has 0 bridgehead atoms. The van der Waals surface area contributed by atoms with Crippen LogP contribution < -0.4 is 5.43 Å². The van der Waals surface area contributed by atoms with Crippen LogP contribution in [0.25, 0.3) is 0 Å². The molecule has 2 aromatic rings. The summed E-state index contributed by atoms with van der Waals surface area (Å²) < 4.78 is 2.27.